The second kappa shape index (κ2) is 4.14. The van der Waals surface area contributed by atoms with Gasteiger partial charge in [-0.15, -0.1) is 0 Å². The topological polar surface area (TPSA) is 44.5 Å². The van der Waals surface area contributed by atoms with Crippen molar-refractivity contribution in [1.82, 2.24) is 0 Å². The van der Waals surface area contributed by atoms with Crippen LogP contribution in [0.2, 0.25) is 0 Å². The fraction of sp³-hybridized carbons (Fsp3) is 0.571. The molecule has 1 saturated carbocycles. The number of rotatable bonds is 3. The highest BCUT2D eigenvalue weighted by atomic mass is 79.9. The molecule has 2 aliphatic rings. The summed E-state index contributed by atoms with van der Waals surface area (Å²) in [5.74, 6) is 2.11. The number of benzene rings is 1. The average molecular weight is 312 g/mol. The molecule has 3 rings (SSSR count). The molecule has 3 nitrogen and oxygen atoms in total. The molecule has 1 aliphatic heterocycles. The predicted octanol–water partition coefficient (Wildman–Crippen LogP) is 3.34. The van der Waals surface area contributed by atoms with Gasteiger partial charge in [0.1, 0.15) is 0 Å². The second-order valence-corrected chi connectivity index (χ2v) is 6.48. The zero-order valence-corrected chi connectivity index (χ0v) is 12.3. The lowest BCUT2D eigenvalue weighted by molar-refractivity contribution is 0.173. The van der Waals surface area contributed by atoms with Crippen molar-refractivity contribution in [2.24, 2.45) is 5.73 Å². The minimum atomic E-state index is 0.0107. The van der Waals surface area contributed by atoms with Crippen molar-refractivity contribution in [3.63, 3.8) is 0 Å². The molecule has 0 unspecified atom stereocenters. The van der Waals surface area contributed by atoms with E-state index >= 15 is 0 Å². The smallest absolute Gasteiger partial charge is 0.231 e. The van der Waals surface area contributed by atoms with Crippen LogP contribution in [0.1, 0.15) is 43.7 Å². The Morgan fingerprint density at radius 1 is 1.39 bits per heavy atom. The standard InChI is InChI=1S/C14H18BrNO2/c1-8(2)11-9(6-14(16)3-4-14)5-10-13(12(11)15)18-7-17-10/h5,8H,3-4,6-7,16H2,1-2H3. The highest BCUT2D eigenvalue weighted by molar-refractivity contribution is 9.10. The van der Waals surface area contributed by atoms with Gasteiger partial charge >= 0.3 is 0 Å². The van der Waals surface area contributed by atoms with Crippen LogP contribution in [0.25, 0.3) is 0 Å². The summed E-state index contributed by atoms with van der Waals surface area (Å²) in [6.45, 7) is 4.70. The lowest BCUT2D eigenvalue weighted by atomic mass is 9.92. The number of fused-ring (bicyclic) bond motifs is 1. The van der Waals surface area contributed by atoms with Crippen LogP contribution in [0.15, 0.2) is 10.5 Å². The summed E-state index contributed by atoms with van der Waals surface area (Å²) in [7, 11) is 0. The Balaban J connectivity index is 2.08. The molecule has 1 heterocycles. The van der Waals surface area contributed by atoms with E-state index in [1.54, 1.807) is 0 Å². The van der Waals surface area contributed by atoms with Crippen molar-refractivity contribution in [2.75, 3.05) is 6.79 Å². The molecule has 1 aromatic rings. The van der Waals surface area contributed by atoms with Crippen LogP contribution < -0.4 is 15.2 Å². The highest BCUT2D eigenvalue weighted by Crippen LogP contribution is 2.47. The first-order valence-corrected chi connectivity index (χ1v) is 7.19. The number of ether oxygens (including phenoxy) is 2. The number of hydrogen-bond acceptors (Lipinski definition) is 3. The van der Waals surface area contributed by atoms with Crippen LogP contribution in [0.4, 0.5) is 0 Å². The maximum absolute atomic E-state index is 6.26. The minimum absolute atomic E-state index is 0.0107. The quantitative estimate of drug-likeness (QED) is 0.931. The molecule has 0 atom stereocenters. The Morgan fingerprint density at radius 2 is 2.11 bits per heavy atom. The van der Waals surface area contributed by atoms with Gasteiger partial charge in [-0.25, -0.2) is 0 Å². The fourth-order valence-electron chi connectivity index (χ4n) is 2.55. The molecule has 1 fully saturated rings. The maximum Gasteiger partial charge on any atom is 0.231 e. The molecule has 1 aromatic carbocycles. The first-order valence-electron chi connectivity index (χ1n) is 6.40. The summed E-state index contributed by atoms with van der Waals surface area (Å²) in [5.41, 5.74) is 8.86. The van der Waals surface area contributed by atoms with Gasteiger partial charge in [0.05, 0.1) is 4.47 Å². The minimum Gasteiger partial charge on any atom is -0.454 e. The van der Waals surface area contributed by atoms with Crippen molar-refractivity contribution in [3.05, 3.63) is 21.7 Å². The molecule has 0 bridgehead atoms. The van der Waals surface area contributed by atoms with Crippen LogP contribution in [-0.4, -0.2) is 12.3 Å². The summed E-state index contributed by atoms with van der Waals surface area (Å²) in [6.07, 6.45) is 3.17. The Hall–Kier alpha value is -0.740. The summed E-state index contributed by atoms with van der Waals surface area (Å²) in [4.78, 5) is 0. The second-order valence-electron chi connectivity index (χ2n) is 5.69. The third kappa shape index (κ3) is 2.01. The van der Waals surface area contributed by atoms with Crippen LogP contribution in [-0.2, 0) is 6.42 Å². The first-order chi connectivity index (χ1) is 8.50. The summed E-state index contributed by atoms with van der Waals surface area (Å²) >= 11 is 3.67. The zero-order chi connectivity index (χ0) is 12.9. The Labute approximate surface area is 116 Å². The van der Waals surface area contributed by atoms with E-state index in [0.717, 1.165) is 35.2 Å². The summed E-state index contributed by atoms with van der Waals surface area (Å²) in [5, 5.41) is 0. The van der Waals surface area contributed by atoms with E-state index in [2.05, 4.69) is 35.8 Å². The Kier molecular flexibility index (Phi) is 2.83. The molecule has 4 heteroatoms. The van der Waals surface area contributed by atoms with Crippen LogP contribution in [0, 0.1) is 0 Å². The summed E-state index contributed by atoms with van der Waals surface area (Å²) in [6, 6.07) is 2.11. The van der Waals surface area contributed by atoms with E-state index in [1.165, 1.54) is 11.1 Å². The van der Waals surface area contributed by atoms with Crippen molar-refractivity contribution >= 4 is 15.9 Å². The predicted molar refractivity (Wildman–Crippen MR) is 74.2 cm³/mol. The van der Waals surface area contributed by atoms with Gasteiger partial charge in [-0.3, -0.25) is 0 Å². The van der Waals surface area contributed by atoms with Crippen molar-refractivity contribution in [1.29, 1.82) is 0 Å². The third-order valence-corrected chi connectivity index (χ3v) is 4.53. The van der Waals surface area contributed by atoms with Crippen molar-refractivity contribution in [3.8, 4) is 11.5 Å². The van der Waals surface area contributed by atoms with Crippen LogP contribution >= 0.6 is 15.9 Å². The average Bonchev–Trinajstić information content (AvgIpc) is 2.83. The van der Waals surface area contributed by atoms with Gasteiger partial charge in [-0.05, 0) is 58.3 Å². The van der Waals surface area contributed by atoms with E-state index in [9.17, 15) is 0 Å². The van der Waals surface area contributed by atoms with E-state index in [-0.39, 0.29) is 5.54 Å². The molecule has 98 valence electrons. The lowest BCUT2D eigenvalue weighted by Crippen LogP contribution is -2.25. The molecular formula is C14H18BrNO2. The molecule has 0 radical (unpaired) electrons. The van der Waals surface area contributed by atoms with Gasteiger partial charge < -0.3 is 15.2 Å². The molecular weight excluding hydrogens is 294 g/mol. The normalized spacial score (nSPS) is 19.4. The van der Waals surface area contributed by atoms with E-state index in [4.69, 9.17) is 15.2 Å². The van der Waals surface area contributed by atoms with E-state index < -0.39 is 0 Å². The number of nitrogens with two attached hydrogens (primary N) is 1. The van der Waals surface area contributed by atoms with Gasteiger partial charge in [0.2, 0.25) is 6.79 Å². The molecule has 0 saturated heterocycles. The van der Waals surface area contributed by atoms with E-state index in [1.807, 2.05) is 0 Å². The molecule has 0 aromatic heterocycles. The van der Waals surface area contributed by atoms with Gasteiger partial charge in [0.15, 0.2) is 11.5 Å². The van der Waals surface area contributed by atoms with Gasteiger partial charge in [-0.2, -0.15) is 0 Å². The highest BCUT2D eigenvalue weighted by Gasteiger charge is 2.39. The number of hydrogen-bond donors (Lipinski definition) is 1. The third-order valence-electron chi connectivity index (χ3n) is 3.74. The van der Waals surface area contributed by atoms with Gasteiger partial charge in [-0.1, -0.05) is 13.8 Å². The van der Waals surface area contributed by atoms with Crippen molar-refractivity contribution in [2.45, 2.75) is 44.6 Å². The monoisotopic (exact) mass is 311 g/mol. The lowest BCUT2D eigenvalue weighted by Gasteiger charge is -2.19. The van der Waals surface area contributed by atoms with E-state index in [0.29, 0.717) is 12.7 Å². The zero-order valence-electron chi connectivity index (χ0n) is 10.8. The molecule has 0 spiro atoms. The number of halogens is 1. The molecule has 0 amide bonds. The van der Waals surface area contributed by atoms with Gasteiger partial charge in [0.25, 0.3) is 0 Å². The fourth-order valence-corrected chi connectivity index (χ4v) is 3.58. The SMILES string of the molecule is CC(C)c1c(CC2(N)CC2)cc2c(c1Br)OCO2. The van der Waals surface area contributed by atoms with Crippen LogP contribution in [0.3, 0.4) is 0 Å². The molecule has 18 heavy (non-hydrogen) atoms. The largest absolute Gasteiger partial charge is 0.454 e. The van der Waals surface area contributed by atoms with Crippen molar-refractivity contribution < 1.29 is 9.47 Å². The Morgan fingerprint density at radius 3 is 2.72 bits per heavy atom. The van der Waals surface area contributed by atoms with Crippen LogP contribution in [0.5, 0.6) is 11.5 Å². The summed E-state index contributed by atoms with van der Waals surface area (Å²) < 4.78 is 12.1. The molecule has 1 aliphatic carbocycles. The molecule has 2 N–H and O–H groups in total. The Bertz CT molecular complexity index is 495. The maximum atomic E-state index is 6.26. The van der Waals surface area contributed by atoms with Gasteiger partial charge in [0, 0.05) is 5.54 Å². The first kappa shape index (κ1) is 12.3.